The third kappa shape index (κ3) is 5.62. The van der Waals surface area contributed by atoms with Crippen LogP contribution in [0.4, 0.5) is 18.9 Å². The Morgan fingerprint density at radius 3 is 2.15 bits per heavy atom. The van der Waals surface area contributed by atoms with Crippen LogP contribution in [0.2, 0.25) is 0 Å². The fourth-order valence-electron chi connectivity index (χ4n) is 5.07. The van der Waals surface area contributed by atoms with Gasteiger partial charge < -0.3 is 10.2 Å². The molecule has 204 valence electrons. The molecular formula is C32H28F3N3O2. The lowest BCUT2D eigenvalue weighted by Gasteiger charge is -2.28. The van der Waals surface area contributed by atoms with Crippen LogP contribution < -0.4 is 5.32 Å². The summed E-state index contributed by atoms with van der Waals surface area (Å²) in [6.45, 7) is 0.910. The second-order valence-electron chi connectivity index (χ2n) is 10.0. The van der Waals surface area contributed by atoms with Gasteiger partial charge in [-0.25, -0.2) is 0 Å². The van der Waals surface area contributed by atoms with Crippen molar-refractivity contribution in [2.24, 2.45) is 0 Å². The maximum atomic E-state index is 13.5. The van der Waals surface area contributed by atoms with Crippen molar-refractivity contribution in [1.82, 2.24) is 9.80 Å². The number of carbonyl (C=O) groups is 2. The van der Waals surface area contributed by atoms with Crippen LogP contribution in [0.3, 0.4) is 0 Å². The van der Waals surface area contributed by atoms with Crippen LogP contribution in [0, 0.1) is 0 Å². The summed E-state index contributed by atoms with van der Waals surface area (Å²) in [6.07, 6.45) is -4.43. The molecule has 4 aromatic carbocycles. The van der Waals surface area contributed by atoms with E-state index >= 15 is 0 Å². The van der Waals surface area contributed by atoms with E-state index in [4.69, 9.17) is 0 Å². The first-order valence-corrected chi connectivity index (χ1v) is 12.8. The lowest BCUT2D eigenvalue weighted by molar-refractivity contribution is -0.138. The molecule has 8 heteroatoms. The Bertz CT molecular complexity index is 1530. The molecule has 0 radical (unpaired) electrons. The summed E-state index contributed by atoms with van der Waals surface area (Å²) >= 11 is 0. The van der Waals surface area contributed by atoms with E-state index in [2.05, 4.69) is 5.32 Å². The number of halogens is 3. The standard InChI is InChI=1S/C32H28F3N3O2/c1-37(2)29(22-8-4-3-5-9-22)31(40)38-19-23-14-17-26(18-24(23)20-38)36-30(39)28-11-7-6-10-27(28)21-12-15-25(16-13-21)32(33,34)35/h3-18,29H,19-20H2,1-2H3,(H,36,39). The van der Waals surface area contributed by atoms with Gasteiger partial charge in [0.2, 0.25) is 5.91 Å². The minimum absolute atomic E-state index is 0.00320. The number of nitrogens with zero attached hydrogens (tertiary/aromatic N) is 2. The summed E-state index contributed by atoms with van der Waals surface area (Å²) in [5, 5.41) is 2.91. The second kappa shape index (κ2) is 11.0. The van der Waals surface area contributed by atoms with Crippen molar-refractivity contribution in [2.45, 2.75) is 25.3 Å². The Morgan fingerprint density at radius 2 is 1.48 bits per heavy atom. The molecule has 0 fully saturated rings. The topological polar surface area (TPSA) is 52.7 Å². The van der Waals surface area contributed by atoms with Crippen molar-refractivity contribution in [3.05, 3.63) is 125 Å². The molecule has 1 unspecified atom stereocenters. The van der Waals surface area contributed by atoms with Crippen LogP contribution in [0.15, 0.2) is 97.1 Å². The first-order chi connectivity index (χ1) is 19.1. The summed E-state index contributed by atoms with van der Waals surface area (Å²) in [5.41, 5.74) is 4.11. The van der Waals surface area contributed by atoms with Gasteiger partial charge >= 0.3 is 6.18 Å². The average Bonchev–Trinajstić information content (AvgIpc) is 3.37. The summed E-state index contributed by atoms with van der Waals surface area (Å²) in [6, 6.07) is 26.4. The van der Waals surface area contributed by atoms with E-state index in [0.717, 1.165) is 28.8 Å². The van der Waals surface area contributed by atoms with Gasteiger partial charge in [0, 0.05) is 24.3 Å². The Morgan fingerprint density at radius 1 is 0.825 bits per heavy atom. The number of anilines is 1. The molecule has 40 heavy (non-hydrogen) atoms. The molecule has 1 atom stereocenters. The molecule has 2 amide bonds. The lowest BCUT2D eigenvalue weighted by Crippen LogP contribution is -2.37. The van der Waals surface area contributed by atoms with Crippen LogP contribution in [0.5, 0.6) is 0 Å². The summed E-state index contributed by atoms with van der Waals surface area (Å²) in [5.74, 6) is -0.374. The summed E-state index contributed by atoms with van der Waals surface area (Å²) < 4.78 is 39.0. The number of hydrogen-bond donors (Lipinski definition) is 1. The third-order valence-corrected chi connectivity index (χ3v) is 7.06. The molecule has 4 aromatic rings. The van der Waals surface area contributed by atoms with Gasteiger partial charge in [-0.2, -0.15) is 13.2 Å². The lowest BCUT2D eigenvalue weighted by atomic mass is 9.98. The largest absolute Gasteiger partial charge is 0.416 e. The van der Waals surface area contributed by atoms with Crippen molar-refractivity contribution in [3.8, 4) is 11.1 Å². The molecule has 1 N–H and O–H groups in total. The van der Waals surface area contributed by atoms with E-state index in [0.29, 0.717) is 35.5 Å². The fourth-order valence-corrected chi connectivity index (χ4v) is 5.07. The number of nitrogens with one attached hydrogen (secondary N) is 1. The highest BCUT2D eigenvalue weighted by Gasteiger charge is 2.32. The zero-order valence-electron chi connectivity index (χ0n) is 22.1. The molecule has 0 saturated heterocycles. The quantitative estimate of drug-likeness (QED) is 0.292. The summed E-state index contributed by atoms with van der Waals surface area (Å²) in [7, 11) is 3.77. The Kier molecular flexibility index (Phi) is 7.45. The minimum atomic E-state index is -4.43. The first kappa shape index (κ1) is 27.1. The SMILES string of the molecule is CN(C)C(C(=O)N1Cc2ccc(NC(=O)c3ccccc3-c3ccc(C(F)(F)F)cc3)cc2C1)c1ccccc1. The van der Waals surface area contributed by atoms with Crippen LogP contribution in [-0.2, 0) is 24.1 Å². The van der Waals surface area contributed by atoms with Gasteiger partial charge in [-0.3, -0.25) is 14.5 Å². The van der Waals surface area contributed by atoms with E-state index < -0.39 is 17.8 Å². The number of carbonyl (C=O) groups excluding carboxylic acids is 2. The van der Waals surface area contributed by atoms with Gasteiger partial charge in [0.05, 0.1) is 5.56 Å². The molecule has 5 nitrogen and oxygen atoms in total. The molecule has 0 aliphatic carbocycles. The molecular weight excluding hydrogens is 515 g/mol. The van der Waals surface area contributed by atoms with E-state index in [9.17, 15) is 22.8 Å². The number of likely N-dealkylation sites (N-methyl/N-ethyl adjacent to an activating group) is 1. The predicted octanol–water partition coefficient (Wildman–Crippen LogP) is 6.77. The van der Waals surface area contributed by atoms with Crippen molar-refractivity contribution in [1.29, 1.82) is 0 Å². The molecule has 1 heterocycles. The number of hydrogen-bond acceptors (Lipinski definition) is 3. The zero-order chi connectivity index (χ0) is 28.4. The number of fused-ring (bicyclic) bond motifs is 1. The molecule has 5 rings (SSSR count). The van der Waals surface area contributed by atoms with E-state index in [1.807, 2.05) is 66.4 Å². The highest BCUT2D eigenvalue weighted by molar-refractivity contribution is 6.08. The number of benzene rings is 4. The molecule has 0 bridgehead atoms. The van der Waals surface area contributed by atoms with Crippen molar-refractivity contribution >= 4 is 17.5 Å². The van der Waals surface area contributed by atoms with Crippen molar-refractivity contribution in [3.63, 3.8) is 0 Å². The Hall–Kier alpha value is -4.43. The maximum Gasteiger partial charge on any atom is 0.416 e. The van der Waals surface area contributed by atoms with Gasteiger partial charge in [0.15, 0.2) is 0 Å². The molecule has 1 aliphatic rings. The maximum absolute atomic E-state index is 13.5. The number of amides is 2. The van der Waals surface area contributed by atoms with Crippen LogP contribution in [0.25, 0.3) is 11.1 Å². The normalized spacial score (nSPS) is 13.7. The second-order valence-corrected chi connectivity index (χ2v) is 10.0. The zero-order valence-corrected chi connectivity index (χ0v) is 22.1. The Balaban J connectivity index is 1.32. The van der Waals surface area contributed by atoms with Gasteiger partial charge in [-0.05, 0) is 72.2 Å². The highest BCUT2D eigenvalue weighted by Crippen LogP contribution is 2.33. The molecule has 0 spiro atoms. The molecule has 0 saturated carbocycles. The highest BCUT2D eigenvalue weighted by atomic mass is 19.4. The van der Waals surface area contributed by atoms with Crippen LogP contribution in [0.1, 0.15) is 38.7 Å². The molecule has 1 aliphatic heterocycles. The van der Waals surface area contributed by atoms with E-state index in [1.54, 1.807) is 30.3 Å². The predicted molar refractivity (Wildman–Crippen MR) is 148 cm³/mol. The number of alkyl halides is 3. The Labute approximate surface area is 230 Å². The van der Waals surface area contributed by atoms with Crippen LogP contribution >= 0.6 is 0 Å². The van der Waals surface area contributed by atoms with Crippen molar-refractivity contribution in [2.75, 3.05) is 19.4 Å². The average molecular weight is 544 g/mol. The van der Waals surface area contributed by atoms with Gasteiger partial charge in [-0.15, -0.1) is 0 Å². The van der Waals surface area contributed by atoms with Gasteiger partial charge in [0.25, 0.3) is 5.91 Å². The van der Waals surface area contributed by atoms with Gasteiger partial charge in [0.1, 0.15) is 6.04 Å². The molecule has 0 aromatic heterocycles. The van der Waals surface area contributed by atoms with Crippen molar-refractivity contribution < 1.29 is 22.8 Å². The number of rotatable bonds is 6. The van der Waals surface area contributed by atoms with Crippen LogP contribution in [-0.4, -0.2) is 35.7 Å². The minimum Gasteiger partial charge on any atom is -0.332 e. The van der Waals surface area contributed by atoms with E-state index in [-0.39, 0.29) is 11.8 Å². The van der Waals surface area contributed by atoms with E-state index in [1.165, 1.54) is 12.1 Å². The fraction of sp³-hybridized carbons (Fsp3) is 0.188. The third-order valence-electron chi connectivity index (χ3n) is 7.06. The smallest absolute Gasteiger partial charge is 0.332 e. The monoisotopic (exact) mass is 543 g/mol. The first-order valence-electron chi connectivity index (χ1n) is 12.8. The summed E-state index contributed by atoms with van der Waals surface area (Å²) in [4.78, 5) is 30.5. The van der Waals surface area contributed by atoms with Gasteiger partial charge in [-0.1, -0.05) is 66.7 Å².